The Balaban J connectivity index is 1.41. The van der Waals surface area contributed by atoms with Crippen LogP contribution in [-0.4, -0.2) is 46.1 Å². The molecule has 6 nitrogen and oxygen atoms in total. The third kappa shape index (κ3) is 4.48. The Morgan fingerprint density at radius 2 is 1.87 bits per heavy atom. The molecular formula is C22H20FN5OS2. The van der Waals surface area contributed by atoms with E-state index in [-0.39, 0.29) is 5.82 Å². The van der Waals surface area contributed by atoms with E-state index < -0.39 is 0 Å². The van der Waals surface area contributed by atoms with Crippen molar-refractivity contribution in [2.45, 2.75) is 10.9 Å². The van der Waals surface area contributed by atoms with Crippen LogP contribution in [0.5, 0.6) is 0 Å². The van der Waals surface area contributed by atoms with Crippen LogP contribution in [0.3, 0.4) is 0 Å². The first-order chi connectivity index (χ1) is 15.3. The van der Waals surface area contributed by atoms with Crippen LogP contribution in [0.15, 0.2) is 65.1 Å². The molecule has 0 N–H and O–H groups in total. The highest BCUT2D eigenvalue weighted by atomic mass is 32.2. The summed E-state index contributed by atoms with van der Waals surface area (Å²) in [6.45, 7) is 2.73. The molecule has 0 spiro atoms. The zero-order valence-electron chi connectivity index (χ0n) is 16.6. The molecule has 0 unspecified atom stereocenters. The van der Waals surface area contributed by atoms with Gasteiger partial charge in [0.05, 0.1) is 24.6 Å². The van der Waals surface area contributed by atoms with Gasteiger partial charge < -0.3 is 9.64 Å². The van der Waals surface area contributed by atoms with E-state index in [0.717, 1.165) is 29.4 Å². The Morgan fingerprint density at radius 3 is 2.68 bits per heavy atom. The van der Waals surface area contributed by atoms with Crippen molar-refractivity contribution < 1.29 is 9.13 Å². The van der Waals surface area contributed by atoms with Gasteiger partial charge in [0, 0.05) is 29.8 Å². The molecule has 4 aromatic rings. The van der Waals surface area contributed by atoms with Gasteiger partial charge in [-0.25, -0.2) is 9.37 Å². The predicted octanol–water partition coefficient (Wildman–Crippen LogP) is 4.66. The van der Waals surface area contributed by atoms with Crippen molar-refractivity contribution in [2.75, 3.05) is 31.2 Å². The fourth-order valence-corrected chi connectivity index (χ4v) is 5.16. The van der Waals surface area contributed by atoms with Gasteiger partial charge in [-0.1, -0.05) is 48.2 Å². The SMILES string of the molecule is Fc1cccc(-n2c(SCc3csc(-c4ccccc4)n3)nnc2N2CCOCC2)c1. The summed E-state index contributed by atoms with van der Waals surface area (Å²) in [5, 5.41) is 12.6. The lowest BCUT2D eigenvalue weighted by atomic mass is 10.2. The van der Waals surface area contributed by atoms with Crippen LogP contribution in [-0.2, 0) is 10.5 Å². The molecule has 1 aliphatic heterocycles. The van der Waals surface area contributed by atoms with Gasteiger partial charge in [-0.15, -0.1) is 21.5 Å². The van der Waals surface area contributed by atoms with Crippen LogP contribution >= 0.6 is 23.1 Å². The Hall–Kier alpha value is -2.75. The molecule has 3 heterocycles. The fourth-order valence-electron chi connectivity index (χ4n) is 3.39. The standard InChI is InChI=1S/C22H20FN5OS2/c23-17-7-4-8-19(13-17)28-21(27-9-11-29-12-10-27)25-26-22(28)31-15-18-14-30-20(24-18)16-5-2-1-3-6-16/h1-8,13-14H,9-12,15H2. The molecule has 0 atom stereocenters. The van der Waals surface area contributed by atoms with Crippen molar-refractivity contribution in [3.63, 3.8) is 0 Å². The average molecular weight is 454 g/mol. The largest absolute Gasteiger partial charge is 0.378 e. The van der Waals surface area contributed by atoms with Crippen molar-refractivity contribution >= 4 is 29.0 Å². The fraction of sp³-hybridized carbons (Fsp3) is 0.227. The Labute approximate surface area is 187 Å². The number of benzene rings is 2. The lowest BCUT2D eigenvalue weighted by Crippen LogP contribution is -2.37. The van der Waals surface area contributed by atoms with E-state index in [2.05, 4.69) is 32.6 Å². The molecule has 1 saturated heterocycles. The second-order valence-electron chi connectivity index (χ2n) is 7.00. The number of anilines is 1. The van der Waals surface area contributed by atoms with E-state index in [0.29, 0.717) is 35.8 Å². The number of thioether (sulfide) groups is 1. The highest BCUT2D eigenvalue weighted by Crippen LogP contribution is 2.31. The zero-order chi connectivity index (χ0) is 21.0. The minimum atomic E-state index is -0.290. The second-order valence-corrected chi connectivity index (χ2v) is 8.80. The van der Waals surface area contributed by atoms with Crippen molar-refractivity contribution in [2.24, 2.45) is 0 Å². The summed E-state index contributed by atoms with van der Waals surface area (Å²) in [6.07, 6.45) is 0. The summed E-state index contributed by atoms with van der Waals surface area (Å²) in [4.78, 5) is 6.89. The smallest absolute Gasteiger partial charge is 0.232 e. The number of ether oxygens (including phenoxy) is 1. The minimum Gasteiger partial charge on any atom is -0.378 e. The van der Waals surface area contributed by atoms with Gasteiger partial charge in [-0.3, -0.25) is 4.57 Å². The summed E-state index contributed by atoms with van der Waals surface area (Å²) in [5.74, 6) is 1.07. The first-order valence-corrected chi connectivity index (χ1v) is 11.8. The molecule has 31 heavy (non-hydrogen) atoms. The number of thiazole rings is 1. The number of hydrogen-bond acceptors (Lipinski definition) is 7. The lowest BCUT2D eigenvalue weighted by Gasteiger charge is -2.27. The van der Waals surface area contributed by atoms with Crippen LogP contribution in [0.4, 0.5) is 10.3 Å². The van der Waals surface area contributed by atoms with Crippen molar-refractivity contribution in [3.05, 3.63) is 71.5 Å². The van der Waals surface area contributed by atoms with Gasteiger partial charge in [0.2, 0.25) is 5.95 Å². The molecule has 2 aromatic heterocycles. The molecule has 5 rings (SSSR count). The van der Waals surface area contributed by atoms with Crippen LogP contribution < -0.4 is 4.90 Å². The van der Waals surface area contributed by atoms with Gasteiger partial charge in [0.15, 0.2) is 5.16 Å². The average Bonchev–Trinajstić information content (AvgIpc) is 3.46. The number of rotatable bonds is 6. The van der Waals surface area contributed by atoms with Gasteiger partial charge in [0.25, 0.3) is 0 Å². The second kappa shape index (κ2) is 9.17. The van der Waals surface area contributed by atoms with E-state index in [1.807, 2.05) is 28.8 Å². The molecule has 0 amide bonds. The summed E-state index contributed by atoms with van der Waals surface area (Å²) in [7, 11) is 0. The van der Waals surface area contributed by atoms with E-state index >= 15 is 0 Å². The highest BCUT2D eigenvalue weighted by Gasteiger charge is 2.22. The Morgan fingerprint density at radius 1 is 1.03 bits per heavy atom. The monoisotopic (exact) mass is 453 g/mol. The predicted molar refractivity (Wildman–Crippen MR) is 121 cm³/mol. The van der Waals surface area contributed by atoms with E-state index in [4.69, 9.17) is 9.72 Å². The van der Waals surface area contributed by atoms with Crippen molar-refractivity contribution in [3.8, 4) is 16.3 Å². The third-order valence-corrected chi connectivity index (χ3v) is 6.80. The van der Waals surface area contributed by atoms with E-state index in [1.54, 1.807) is 29.2 Å². The zero-order valence-corrected chi connectivity index (χ0v) is 18.3. The molecule has 9 heteroatoms. The van der Waals surface area contributed by atoms with Crippen LogP contribution in [0, 0.1) is 5.82 Å². The van der Waals surface area contributed by atoms with Gasteiger partial charge >= 0.3 is 0 Å². The summed E-state index contributed by atoms with van der Waals surface area (Å²) in [6, 6.07) is 16.7. The topological polar surface area (TPSA) is 56.1 Å². The normalized spacial score (nSPS) is 14.2. The van der Waals surface area contributed by atoms with Crippen molar-refractivity contribution in [1.29, 1.82) is 0 Å². The summed E-state index contributed by atoms with van der Waals surface area (Å²) >= 11 is 3.18. The lowest BCUT2D eigenvalue weighted by molar-refractivity contribution is 0.122. The maximum absolute atomic E-state index is 14.0. The first kappa shape index (κ1) is 20.2. The minimum absolute atomic E-state index is 0.290. The Kier molecular flexibility index (Phi) is 5.97. The highest BCUT2D eigenvalue weighted by molar-refractivity contribution is 7.98. The van der Waals surface area contributed by atoms with Gasteiger partial charge in [0.1, 0.15) is 10.8 Å². The molecule has 0 saturated carbocycles. The number of morpholine rings is 1. The van der Waals surface area contributed by atoms with Gasteiger partial charge in [-0.2, -0.15) is 0 Å². The van der Waals surface area contributed by atoms with Crippen LogP contribution in [0.25, 0.3) is 16.3 Å². The third-order valence-electron chi connectivity index (χ3n) is 4.90. The molecule has 1 fully saturated rings. The molecule has 0 aliphatic carbocycles. The number of aromatic nitrogens is 4. The molecule has 0 radical (unpaired) electrons. The quantitative estimate of drug-likeness (QED) is 0.396. The molecular weight excluding hydrogens is 433 g/mol. The van der Waals surface area contributed by atoms with Crippen LogP contribution in [0.1, 0.15) is 5.69 Å². The van der Waals surface area contributed by atoms with Gasteiger partial charge in [-0.05, 0) is 18.2 Å². The molecule has 2 aromatic carbocycles. The van der Waals surface area contributed by atoms with E-state index in [9.17, 15) is 4.39 Å². The molecule has 158 valence electrons. The molecule has 0 bridgehead atoms. The molecule has 1 aliphatic rings. The Bertz CT molecular complexity index is 1160. The first-order valence-electron chi connectivity index (χ1n) is 9.94. The number of halogens is 1. The maximum atomic E-state index is 14.0. The summed E-state index contributed by atoms with van der Waals surface area (Å²) < 4.78 is 21.4. The van der Waals surface area contributed by atoms with Crippen LogP contribution in [0.2, 0.25) is 0 Å². The number of hydrogen-bond donors (Lipinski definition) is 0. The summed E-state index contributed by atoms with van der Waals surface area (Å²) in [5.41, 5.74) is 2.80. The number of nitrogens with zero attached hydrogens (tertiary/aromatic N) is 5. The van der Waals surface area contributed by atoms with E-state index in [1.165, 1.54) is 12.1 Å². The maximum Gasteiger partial charge on any atom is 0.232 e. The van der Waals surface area contributed by atoms with Crippen molar-refractivity contribution in [1.82, 2.24) is 19.7 Å².